The van der Waals surface area contributed by atoms with Crippen molar-refractivity contribution in [3.63, 3.8) is 0 Å². The summed E-state index contributed by atoms with van der Waals surface area (Å²) < 4.78 is 14.0. The zero-order valence-electron chi connectivity index (χ0n) is 12.8. The predicted octanol–water partition coefficient (Wildman–Crippen LogP) is 3.83. The van der Waals surface area contributed by atoms with Crippen molar-refractivity contribution in [2.45, 2.75) is 51.2 Å². The first-order chi connectivity index (χ1) is 10.0. The standard InChI is InChI=1S/C17H24ClFN2/c1-3-17(2)11-21(16(9-20-17)12-4-5-12)10-13-8-14(18)6-7-15(13)19/h6-8,12,16,20H,3-5,9-11H2,1-2H3. The van der Waals surface area contributed by atoms with Crippen molar-refractivity contribution in [1.82, 2.24) is 10.2 Å². The van der Waals surface area contributed by atoms with E-state index in [4.69, 9.17) is 11.6 Å². The molecule has 116 valence electrons. The third-order valence-electron chi connectivity index (χ3n) is 5.09. The first-order valence-electron chi connectivity index (χ1n) is 7.94. The van der Waals surface area contributed by atoms with Gasteiger partial charge in [-0.05, 0) is 50.3 Å². The maximum Gasteiger partial charge on any atom is 0.127 e. The van der Waals surface area contributed by atoms with Gasteiger partial charge in [-0.2, -0.15) is 0 Å². The monoisotopic (exact) mass is 310 g/mol. The Kier molecular flexibility index (Phi) is 4.26. The van der Waals surface area contributed by atoms with Crippen LogP contribution in [0.2, 0.25) is 5.02 Å². The molecule has 0 aromatic heterocycles. The molecule has 1 aromatic rings. The Labute approximate surface area is 131 Å². The van der Waals surface area contributed by atoms with E-state index in [1.165, 1.54) is 18.9 Å². The van der Waals surface area contributed by atoms with Crippen molar-refractivity contribution in [2.75, 3.05) is 13.1 Å². The Morgan fingerprint density at radius 3 is 2.86 bits per heavy atom. The van der Waals surface area contributed by atoms with Crippen molar-refractivity contribution in [3.8, 4) is 0 Å². The van der Waals surface area contributed by atoms with Crippen LogP contribution >= 0.6 is 11.6 Å². The SMILES string of the molecule is CCC1(C)CN(Cc2cc(Cl)ccc2F)C(C2CC2)CN1. The molecule has 4 heteroatoms. The average Bonchev–Trinajstić information content (AvgIpc) is 3.28. The molecule has 2 aliphatic rings. The van der Waals surface area contributed by atoms with Gasteiger partial charge in [-0.3, -0.25) is 4.90 Å². The second kappa shape index (κ2) is 5.86. The molecule has 0 radical (unpaired) electrons. The fourth-order valence-corrected chi connectivity index (χ4v) is 3.54. The number of nitrogens with zero attached hydrogens (tertiary/aromatic N) is 1. The van der Waals surface area contributed by atoms with E-state index in [-0.39, 0.29) is 11.4 Å². The molecule has 1 aliphatic heterocycles. The van der Waals surface area contributed by atoms with Crippen LogP contribution in [0.5, 0.6) is 0 Å². The summed E-state index contributed by atoms with van der Waals surface area (Å²) in [5, 5.41) is 4.31. The molecule has 1 aromatic carbocycles. The summed E-state index contributed by atoms with van der Waals surface area (Å²) >= 11 is 6.03. The Bertz CT molecular complexity index is 518. The van der Waals surface area contributed by atoms with Crippen molar-refractivity contribution in [1.29, 1.82) is 0 Å². The van der Waals surface area contributed by atoms with Gasteiger partial charge in [0.1, 0.15) is 5.82 Å². The summed E-state index contributed by atoms with van der Waals surface area (Å²) in [6.07, 6.45) is 3.70. The van der Waals surface area contributed by atoms with Gasteiger partial charge < -0.3 is 5.32 Å². The highest BCUT2D eigenvalue weighted by Crippen LogP contribution is 2.38. The number of piperazine rings is 1. The Hall–Kier alpha value is -0.640. The molecule has 0 spiro atoms. The summed E-state index contributed by atoms with van der Waals surface area (Å²) in [4.78, 5) is 2.46. The maximum atomic E-state index is 14.0. The van der Waals surface area contributed by atoms with Crippen LogP contribution in [0.25, 0.3) is 0 Å². The van der Waals surface area contributed by atoms with E-state index >= 15 is 0 Å². The van der Waals surface area contributed by atoms with Crippen LogP contribution in [0.3, 0.4) is 0 Å². The molecule has 0 amide bonds. The lowest BCUT2D eigenvalue weighted by Gasteiger charge is -2.46. The van der Waals surface area contributed by atoms with Gasteiger partial charge in [0.2, 0.25) is 0 Å². The first-order valence-corrected chi connectivity index (χ1v) is 8.31. The number of nitrogens with one attached hydrogen (secondary N) is 1. The number of benzene rings is 1. The molecule has 1 N–H and O–H groups in total. The van der Waals surface area contributed by atoms with Crippen LogP contribution < -0.4 is 5.32 Å². The van der Waals surface area contributed by atoms with Gasteiger partial charge in [-0.1, -0.05) is 18.5 Å². The quantitative estimate of drug-likeness (QED) is 0.909. The molecule has 3 rings (SSSR count). The molecule has 1 saturated carbocycles. The zero-order chi connectivity index (χ0) is 15.0. The molecule has 2 nitrogen and oxygen atoms in total. The molecule has 0 bridgehead atoms. The molecule has 1 heterocycles. The fraction of sp³-hybridized carbons (Fsp3) is 0.647. The Balaban J connectivity index is 1.80. The third kappa shape index (κ3) is 3.41. The fourth-order valence-electron chi connectivity index (χ4n) is 3.34. The lowest BCUT2D eigenvalue weighted by molar-refractivity contribution is 0.0653. The van der Waals surface area contributed by atoms with E-state index in [9.17, 15) is 4.39 Å². The van der Waals surface area contributed by atoms with Crippen molar-refractivity contribution in [3.05, 3.63) is 34.6 Å². The Morgan fingerprint density at radius 2 is 2.19 bits per heavy atom. The highest BCUT2D eigenvalue weighted by molar-refractivity contribution is 6.30. The molecule has 2 unspecified atom stereocenters. The minimum Gasteiger partial charge on any atom is -0.309 e. The normalized spacial score (nSPS) is 30.6. The van der Waals surface area contributed by atoms with Crippen LogP contribution in [0.4, 0.5) is 4.39 Å². The first kappa shape index (κ1) is 15.3. The van der Waals surface area contributed by atoms with Gasteiger partial charge in [0.05, 0.1) is 0 Å². The molecule has 1 saturated heterocycles. The molecular weight excluding hydrogens is 287 g/mol. The summed E-state index contributed by atoms with van der Waals surface area (Å²) in [6.45, 7) is 7.11. The zero-order valence-corrected chi connectivity index (χ0v) is 13.6. The lowest BCUT2D eigenvalue weighted by atomic mass is 9.91. The molecular formula is C17H24ClFN2. The number of rotatable bonds is 4. The summed E-state index contributed by atoms with van der Waals surface area (Å²) in [6, 6.07) is 5.40. The summed E-state index contributed by atoms with van der Waals surface area (Å²) in [5.74, 6) is 0.631. The van der Waals surface area contributed by atoms with Gasteiger partial charge in [0.15, 0.2) is 0 Å². The van der Waals surface area contributed by atoms with Crippen LogP contribution in [0.15, 0.2) is 18.2 Å². The molecule has 1 aliphatic carbocycles. The summed E-state index contributed by atoms with van der Waals surface area (Å²) in [5.41, 5.74) is 0.842. The van der Waals surface area contributed by atoms with E-state index < -0.39 is 0 Å². The second-order valence-electron chi connectivity index (χ2n) is 6.84. The van der Waals surface area contributed by atoms with E-state index in [0.717, 1.165) is 25.4 Å². The van der Waals surface area contributed by atoms with Gasteiger partial charge >= 0.3 is 0 Å². The van der Waals surface area contributed by atoms with Crippen LogP contribution in [-0.4, -0.2) is 29.6 Å². The highest BCUT2D eigenvalue weighted by atomic mass is 35.5. The van der Waals surface area contributed by atoms with E-state index in [0.29, 0.717) is 23.2 Å². The van der Waals surface area contributed by atoms with Crippen molar-refractivity contribution >= 4 is 11.6 Å². The predicted molar refractivity (Wildman–Crippen MR) is 85.0 cm³/mol. The molecule has 2 fully saturated rings. The van der Waals surface area contributed by atoms with Crippen LogP contribution in [0, 0.1) is 11.7 Å². The smallest absolute Gasteiger partial charge is 0.127 e. The number of hydrogen-bond donors (Lipinski definition) is 1. The summed E-state index contributed by atoms with van der Waals surface area (Å²) in [7, 11) is 0. The topological polar surface area (TPSA) is 15.3 Å². The van der Waals surface area contributed by atoms with Gasteiger partial charge in [0.25, 0.3) is 0 Å². The minimum absolute atomic E-state index is 0.125. The highest BCUT2D eigenvalue weighted by Gasteiger charge is 2.41. The maximum absolute atomic E-state index is 14.0. The van der Waals surface area contributed by atoms with Gasteiger partial charge in [-0.15, -0.1) is 0 Å². The number of hydrogen-bond acceptors (Lipinski definition) is 2. The minimum atomic E-state index is -0.148. The second-order valence-corrected chi connectivity index (χ2v) is 7.28. The Morgan fingerprint density at radius 1 is 1.43 bits per heavy atom. The number of halogens is 2. The average molecular weight is 311 g/mol. The lowest BCUT2D eigenvalue weighted by Crippen LogP contribution is -2.62. The van der Waals surface area contributed by atoms with Gasteiger partial charge in [-0.25, -0.2) is 4.39 Å². The van der Waals surface area contributed by atoms with Gasteiger partial charge in [0, 0.05) is 41.8 Å². The van der Waals surface area contributed by atoms with E-state index in [2.05, 4.69) is 24.1 Å². The van der Waals surface area contributed by atoms with Crippen LogP contribution in [0.1, 0.15) is 38.7 Å². The van der Waals surface area contributed by atoms with E-state index in [1.54, 1.807) is 12.1 Å². The van der Waals surface area contributed by atoms with Crippen molar-refractivity contribution in [2.24, 2.45) is 5.92 Å². The third-order valence-corrected chi connectivity index (χ3v) is 5.32. The van der Waals surface area contributed by atoms with Crippen molar-refractivity contribution < 1.29 is 4.39 Å². The molecule has 2 atom stereocenters. The largest absolute Gasteiger partial charge is 0.309 e. The van der Waals surface area contributed by atoms with E-state index in [1.807, 2.05) is 0 Å². The molecule has 21 heavy (non-hydrogen) atoms. The van der Waals surface area contributed by atoms with Crippen LogP contribution in [-0.2, 0) is 6.54 Å².